The minimum atomic E-state index is -4.74. The number of nitrogens with one attached hydrogen (secondary N) is 1. The van der Waals surface area contributed by atoms with E-state index >= 15 is 0 Å². The summed E-state index contributed by atoms with van der Waals surface area (Å²) in [5.41, 5.74) is 1.55. The first-order valence-corrected chi connectivity index (χ1v) is 6.08. The van der Waals surface area contributed by atoms with Gasteiger partial charge in [0, 0.05) is 0 Å². The smallest absolute Gasteiger partial charge is 0.388 e. The van der Waals surface area contributed by atoms with Gasteiger partial charge < -0.3 is 35.1 Å². The third kappa shape index (κ3) is 3.93. The van der Waals surface area contributed by atoms with Gasteiger partial charge in [0.25, 0.3) is 0 Å². The van der Waals surface area contributed by atoms with Gasteiger partial charge in [-0.25, -0.2) is 4.57 Å². The van der Waals surface area contributed by atoms with Crippen LogP contribution in [0, 0.1) is 0 Å². The van der Waals surface area contributed by atoms with Crippen LogP contribution in [0.15, 0.2) is 0 Å². The van der Waals surface area contributed by atoms with Gasteiger partial charge in [-0.3, -0.25) is 4.52 Å². The van der Waals surface area contributed by atoms with Crippen LogP contribution < -0.4 is 5.48 Å². The van der Waals surface area contributed by atoms with Crippen LogP contribution in [-0.2, 0) is 13.8 Å². The van der Waals surface area contributed by atoms with Crippen molar-refractivity contribution < 1.29 is 44.1 Å². The molecule has 0 spiro atoms. The summed E-state index contributed by atoms with van der Waals surface area (Å²) in [6.45, 7) is -0.724. The lowest BCUT2D eigenvalue weighted by atomic mass is 9.98. The molecule has 5 atom stereocenters. The molecule has 0 aromatic rings. The molecule has 1 unspecified atom stereocenters. The van der Waals surface area contributed by atoms with Crippen LogP contribution in [-0.4, -0.2) is 67.6 Å². The molecule has 1 fully saturated rings. The number of hydrogen-bond donors (Lipinski definition) is 7. The molecule has 11 heteroatoms. The molecule has 7 N–H and O–H groups in total. The lowest BCUT2D eigenvalue weighted by Gasteiger charge is -2.39. The summed E-state index contributed by atoms with van der Waals surface area (Å²) in [6.07, 6.45) is -6.18. The Kier molecular flexibility index (Phi) is 4.98. The second-order valence-corrected chi connectivity index (χ2v) is 4.73. The molecular formula is C6H14NO9P. The van der Waals surface area contributed by atoms with Gasteiger partial charge in [-0.15, -0.1) is 0 Å². The minimum absolute atomic E-state index is 0.724. The average molecular weight is 275 g/mol. The first-order chi connectivity index (χ1) is 7.76. The lowest BCUT2D eigenvalue weighted by Crippen LogP contribution is -2.62. The maximum Gasteiger partial charge on any atom is 0.469 e. The predicted octanol–water partition coefficient (Wildman–Crippen LogP) is -3.12. The molecule has 0 amide bonds. The number of hydroxylamine groups is 1. The van der Waals surface area contributed by atoms with Gasteiger partial charge >= 0.3 is 7.82 Å². The Bertz CT molecular complexity index is 295. The van der Waals surface area contributed by atoms with Crippen LogP contribution >= 0.6 is 7.82 Å². The molecule has 0 saturated carbocycles. The summed E-state index contributed by atoms with van der Waals surface area (Å²) in [5, 5.41) is 36.8. The van der Waals surface area contributed by atoms with Gasteiger partial charge in [-0.1, -0.05) is 0 Å². The van der Waals surface area contributed by atoms with Crippen LogP contribution in [0.2, 0.25) is 0 Å². The maximum atomic E-state index is 10.4. The van der Waals surface area contributed by atoms with Gasteiger partial charge in [0.05, 0.1) is 6.61 Å². The SMILES string of the molecule is O=P(O)(O)OC[C@H]1OC(O)[C@H](NO)[C@@H](O)[C@@H]1O. The van der Waals surface area contributed by atoms with Crippen LogP contribution in [0.3, 0.4) is 0 Å². The lowest BCUT2D eigenvalue weighted by molar-refractivity contribution is -0.265. The van der Waals surface area contributed by atoms with E-state index < -0.39 is 45.1 Å². The van der Waals surface area contributed by atoms with Crippen molar-refractivity contribution >= 4 is 7.82 Å². The summed E-state index contributed by atoms with van der Waals surface area (Å²) in [5.74, 6) is 0. The van der Waals surface area contributed by atoms with E-state index in [0.717, 1.165) is 0 Å². The van der Waals surface area contributed by atoms with Crippen LogP contribution in [0.4, 0.5) is 0 Å². The van der Waals surface area contributed by atoms with Crippen molar-refractivity contribution in [1.82, 2.24) is 5.48 Å². The fourth-order valence-electron chi connectivity index (χ4n) is 1.39. The third-order valence-corrected chi connectivity index (χ3v) is 2.76. The monoisotopic (exact) mass is 275 g/mol. The summed E-state index contributed by atoms with van der Waals surface area (Å²) in [7, 11) is -4.74. The molecule has 1 aliphatic rings. The topological polar surface area (TPSA) is 169 Å². The highest BCUT2D eigenvalue weighted by Crippen LogP contribution is 2.36. The number of aliphatic hydroxyl groups excluding tert-OH is 3. The minimum Gasteiger partial charge on any atom is -0.388 e. The zero-order chi connectivity index (χ0) is 13.2. The van der Waals surface area contributed by atoms with Crippen molar-refractivity contribution in [3.05, 3.63) is 0 Å². The van der Waals surface area contributed by atoms with E-state index in [1.165, 1.54) is 0 Å². The van der Waals surface area contributed by atoms with Crippen molar-refractivity contribution in [2.45, 2.75) is 30.6 Å². The highest BCUT2D eigenvalue weighted by atomic mass is 31.2. The second-order valence-electron chi connectivity index (χ2n) is 3.49. The number of phosphoric acid groups is 1. The van der Waals surface area contributed by atoms with E-state index in [1.807, 2.05) is 0 Å². The number of aliphatic hydroxyl groups is 3. The largest absolute Gasteiger partial charge is 0.469 e. The van der Waals surface area contributed by atoms with E-state index in [1.54, 1.807) is 5.48 Å². The maximum absolute atomic E-state index is 10.4. The van der Waals surface area contributed by atoms with Gasteiger partial charge in [0.1, 0.15) is 24.4 Å². The molecule has 0 bridgehead atoms. The van der Waals surface area contributed by atoms with Gasteiger partial charge in [-0.05, 0) is 0 Å². The van der Waals surface area contributed by atoms with E-state index in [0.29, 0.717) is 0 Å². The molecular weight excluding hydrogens is 261 g/mol. The fraction of sp³-hybridized carbons (Fsp3) is 1.00. The zero-order valence-electron chi connectivity index (χ0n) is 8.45. The molecule has 102 valence electrons. The highest BCUT2D eigenvalue weighted by Gasteiger charge is 2.44. The quantitative estimate of drug-likeness (QED) is 0.206. The van der Waals surface area contributed by atoms with Gasteiger partial charge in [0.15, 0.2) is 6.29 Å². The predicted molar refractivity (Wildman–Crippen MR) is 49.6 cm³/mol. The molecule has 0 radical (unpaired) electrons. The van der Waals surface area contributed by atoms with Crippen molar-refractivity contribution in [3.8, 4) is 0 Å². The van der Waals surface area contributed by atoms with Crippen molar-refractivity contribution in [2.24, 2.45) is 0 Å². The summed E-state index contributed by atoms with van der Waals surface area (Å²) in [6, 6.07) is -1.34. The molecule has 1 saturated heterocycles. The van der Waals surface area contributed by atoms with Gasteiger partial charge in [-0.2, -0.15) is 5.48 Å². The Morgan fingerprint density at radius 2 is 1.82 bits per heavy atom. The standard InChI is InChI=1S/C6H14NO9P/c8-4-2(1-15-17(12,13)14)16-6(10)3(7-11)5(4)9/h2-11H,1H2,(H2,12,13,14)/t2-,3-,4-,5-,6?/m1/s1. The Labute approximate surface area is 95.6 Å². The Balaban J connectivity index is 2.61. The van der Waals surface area contributed by atoms with Gasteiger partial charge in [0.2, 0.25) is 0 Å². The summed E-state index contributed by atoms with van der Waals surface area (Å²) >= 11 is 0. The molecule has 0 aliphatic carbocycles. The zero-order valence-corrected chi connectivity index (χ0v) is 9.34. The molecule has 1 aliphatic heterocycles. The van der Waals surface area contributed by atoms with Crippen molar-refractivity contribution in [1.29, 1.82) is 0 Å². The second kappa shape index (κ2) is 5.67. The number of phosphoric ester groups is 1. The molecule has 17 heavy (non-hydrogen) atoms. The van der Waals surface area contributed by atoms with E-state index in [9.17, 15) is 19.9 Å². The first-order valence-electron chi connectivity index (χ1n) is 4.55. The van der Waals surface area contributed by atoms with Crippen molar-refractivity contribution in [3.63, 3.8) is 0 Å². The molecule has 0 aromatic carbocycles. The van der Waals surface area contributed by atoms with E-state index in [2.05, 4.69) is 4.52 Å². The highest BCUT2D eigenvalue weighted by molar-refractivity contribution is 7.46. The van der Waals surface area contributed by atoms with E-state index in [-0.39, 0.29) is 0 Å². The first kappa shape index (κ1) is 14.9. The average Bonchev–Trinajstić information content (AvgIpc) is 2.21. The number of rotatable bonds is 4. The van der Waals surface area contributed by atoms with Crippen molar-refractivity contribution in [2.75, 3.05) is 6.61 Å². The molecule has 10 nitrogen and oxygen atoms in total. The Morgan fingerprint density at radius 3 is 2.29 bits per heavy atom. The van der Waals surface area contributed by atoms with Crippen LogP contribution in [0.1, 0.15) is 0 Å². The summed E-state index contributed by atoms with van der Waals surface area (Å²) in [4.78, 5) is 16.9. The molecule has 1 heterocycles. The number of ether oxygens (including phenoxy) is 1. The van der Waals surface area contributed by atoms with Crippen LogP contribution in [0.25, 0.3) is 0 Å². The fourth-order valence-corrected chi connectivity index (χ4v) is 1.73. The summed E-state index contributed by atoms with van der Waals surface area (Å²) < 4.78 is 19.2. The third-order valence-electron chi connectivity index (χ3n) is 2.28. The molecule has 1 rings (SSSR count). The Hall–Kier alpha value is -0.130. The normalized spacial score (nSPS) is 39.3. The van der Waals surface area contributed by atoms with Crippen LogP contribution in [0.5, 0.6) is 0 Å². The van der Waals surface area contributed by atoms with E-state index in [4.69, 9.17) is 19.7 Å². The number of hydrogen-bond acceptors (Lipinski definition) is 8. The Morgan fingerprint density at radius 1 is 1.24 bits per heavy atom. The molecule has 0 aromatic heterocycles.